The third kappa shape index (κ3) is 2.30. The molecule has 0 spiro atoms. The fourth-order valence-electron chi connectivity index (χ4n) is 3.46. The lowest BCUT2D eigenvalue weighted by Crippen LogP contribution is -2.24. The van der Waals surface area contributed by atoms with Crippen LogP contribution in [0.2, 0.25) is 0 Å². The molecule has 2 heterocycles. The predicted molar refractivity (Wildman–Crippen MR) is 81.1 cm³/mol. The molecule has 0 aromatic carbocycles. The fourth-order valence-corrected chi connectivity index (χ4v) is 3.46. The van der Waals surface area contributed by atoms with Gasteiger partial charge < -0.3 is 10.3 Å². The van der Waals surface area contributed by atoms with E-state index in [4.69, 9.17) is 5.73 Å². The van der Waals surface area contributed by atoms with Crippen molar-refractivity contribution in [1.82, 2.24) is 14.5 Å². The molecule has 3 atom stereocenters. The molecule has 1 aliphatic carbocycles. The Bertz CT molecular complexity index is 590. The quantitative estimate of drug-likeness (QED) is 0.908. The van der Waals surface area contributed by atoms with E-state index in [2.05, 4.69) is 28.4 Å². The number of pyridine rings is 1. The number of nitrogens with two attached hydrogens (primary N) is 1. The molecule has 20 heavy (non-hydrogen) atoms. The lowest BCUT2D eigenvalue weighted by molar-refractivity contribution is 0.209. The summed E-state index contributed by atoms with van der Waals surface area (Å²) in [5.74, 6) is 1.50. The van der Waals surface area contributed by atoms with Gasteiger partial charge in [-0.1, -0.05) is 13.8 Å². The van der Waals surface area contributed by atoms with E-state index in [1.54, 1.807) is 6.20 Å². The number of nitrogens with zero attached hydrogens (tertiary/aromatic N) is 3. The molecule has 106 valence electrons. The summed E-state index contributed by atoms with van der Waals surface area (Å²) in [6, 6.07) is 2.36. The highest BCUT2D eigenvalue weighted by Crippen LogP contribution is 2.39. The van der Waals surface area contributed by atoms with Gasteiger partial charge in [-0.2, -0.15) is 0 Å². The Labute approximate surface area is 120 Å². The Balaban J connectivity index is 1.97. The number of nitrogen functional groups attached to an aromatic ring is 1. The van der Waals surface area contributed by atoms with Gasteiger partial charge in [-0.15, -0.1) is 0 Å². The minimum absolute atomic E-state index is 0.517. The normalized spacial score (nSPS) is 26.6. The van der Waals surface area contributed by atoms with Crippen molar-refractivity contribution in [2.75, 3.05) is 5.73 Å². The summed E-state index contributed by atoms with van der Waals surface area (Å²) < 4.78 is 2.30. The van der Waals surface area contributed by atoms with Gasteiger partial charge in [0.15, 0.2) is 0 Å². The molecule has 0 bridgehead atoms. The van der Waals surface area contributed by atoms with Gasteiger partial charge in [0.25, 0.3) is 0 Å². The van der Waals surface area contributed by atoms with Gasteiger partial charge in [-0.25, -0.2) is 4.98 Å². The van der Waals surface area contributed by atoms with Gasteiger partial charge in [-0.05, 0) is 37.2 Å². The van der Waals surface area contributed by atoms with Crippen LogP contribution in [0.15, 0.2) is 31.0 Å². The Hall–Kier alpha value is -1.84. The van der Waals surface area contributed by atoms with Gasteiger partial charge in [0, 0.05) is 29.7 Å². The van der Waals surface area contributed by atoms with Crippen molar-refractivity contribution in [1.29, 1.82) is 0 Å². The topological polar surface area (TPSA) is 56.7 Å². The summed E-state index contributed by atoms with van der Waals surface area (Å²) in [4.78, 5) is 8.55. The van der Waals surface area contributed by atoms with Crippen LogP contribution in [0.25, 0.3) is 11.3 Å². The first kappa shape index (κ1) is 13.2. The molecule has 1 saturated carbocycles. The van der Waals surface area contributed by atoms with Crippen molar-refractivity contribution in [3.05, 3.63) is 31.0 Å². The standard InChI is InChI=1S/C16H22N4/c1-11-3-4-15(12(2)7-11)20-10-19-9-16(20)13-8-18-6-5-14(13)17/h5-6,8-12,15H,3-4,7H2,1-2H3,(H2,17,18). The molecular formula is C16H22N4. The number of hydrogen-bond acceptors (Lipinski definition) is 3. The molecule has 0 amide bonds. The minimum atomic E-state index is 0.517. The zero-order chi connectivity index (χ0) is 14.1. The third-order valence-corrected chi connectivity index (χ3v) is 4.54. The molecule has 4 nitrogen and oxygen atoms in total. The highest BCUT2D eigenvalue weighted by molar-refractivity contribution is 5.72. The molecule has 0 aliphatic heterocycles. The number of hydrogen-bond donors (Lipinski definition) is 1. The Morgan fingerprint density at radius 1 is 1.20 bits per heavy atom. The van der Waals surface area contributed by atoms with Gasteiger partial charge in [0.1, 0.15) is 0 Å². The largest absolute Gasteiger partial charge is 0.398 e. The maximum Gasteiger partial charge on any atom is 0.0953 e. The van der Waals surface area contributed by atoms with Crippen molar-refractivity contribution in [2.24, 2.45) is 11.8 Å². The number of anilines is 1. The molecule has 3 unspecified atom stereocenters. The van der Waals surface area contributed by atoms with E-state index in [-0.39, 0.29) is 0 Å². The SMILES string of the molecule is CC1CCC(n2cncc2-c2cnccc2N)C(C)C1. The molecule has 2 aromatic rings. The molecule has 4 heteroatoms. The van der Waals surface area contributed by atoms with Crippen LogP contribution < -0.4 is 5.73 Å². The minimum Gasteiger partial charge on any atom is -0.398 e. The second kappa shape index (κ2) is 5.27. The average molecular weight is 270 g/mol. The molecule has 1 aliphatic rings. The third-order valence-electron chi connectivity index (χ3n) is 4.54. The monoisotopic (exact) mass is 270 g/mol. The smallest absolute Gasteiger partial charge is 0.0953 e. The Morgan fingerprint density at radius 2 is 2.05 bits per heavy atom. The summed E-state index contributed by atoms with van der Waals surface area (Å²) >= 11 is 0. The number of aromatic nitrogens is 3. The van der Waals surface area contributed by atoms with Crippen LogP contribution in [-0.2, 0) is 0 Å². The summed E-state index contributed by atoms with van der Waals surface area (Å²) in [6.07, 6.45) is 11.2. The van der Waals surface area contributed by atoms with E-state index in [9.17, 15) is 0 Å². The number of imidazole rings is 1. The van der Waals surface area contributed by atoms with Crippen molar-refractivity contribution in [3.8, 4) is 11.3 Å². The maximum absolute atomic E-state index is 6.09. The van der Waals surface area contributed by atoms with Crippen molar-refractivity contribution < 1.29 is 0 Å². The van der Waals surface area contributed by atoms with Gasteiger partial charge in [0.2, 0.25) is 0 Å². The summed E-state index contributed by atoms with van der Waals surface area (Å²) in [5.41, 5.74) is 8.92. The van der Waals surface area contributed by atoms with Crippen LogP contribution in [0.5, 0.6) is 0 Å². The Morgan fingerprint density at radius 3 is 2.80 bits per heavy atom. The van der Waals surface area contributed by atoms with Gasteiger partial charge in [0.05, 0.1) is 18.2 Å². The molecular weight excluding hydrogens is 248 g/mol. The van der Waals surface area contributed by atoms with Crippen LogP contribution in [-0.4, -0.2) is 14.5 Å². The summed E-state index contributed by atoms with van der Waals surface area (Å²) in [5, 5.41) is 0. The lowest BCUT2D eigenvalue weighted by Gasteiger charge is -2.34. The van der Waals surface area contributed by atoms with E-state index in [1.807, 2.05) is 24.8 Å². The molecule has 2 aromatic heterocycles. The van der Waals surface area contributed by atoms with Crippen molar-refractivity contribution in [2.45, 2.75) is 39.2 Å². The predicted octanol–water partition coefficient (Wildman–Crippen LogP) is 3.52. The first-order chi connectivity index (χ1) is 9.66. The average Bonchev–Trinajstić information content (AvgIpc) is 2.88. The van der Waals surface area contributed by atoms with E-state index in [1.165, 1.54) is 19.3 Å². The van der Waals surface area contributed by atoms with Crippen LogP contribution in [0.4, 0.5) is 5.69 Å². The zero-order valence-corrected chi connectivity index (χ0v) is 12.2. The number of rotatable bonds is 2. The first-order valence-corrected chi connectivity index (χ1v) is 7.38. The molecule has 3 rings (SSSR count). The molecule has 0 radical (unpaired) electrons. The maximum atomic E-state index is 6.09. The molecule has 0 saturated heterocycles. The van der Waals surface area contributed by atoms with Gasteiger partial charge >= 0.3 is 0 Å². The van der Waals surface area contributed by atoms with E-state index >= 15 is 0 Å². The van der Waals surface area contributed by atoms with E-state index in [0.29, 0.717) is 12.0 Å². The van der Waals surface area contributed by atoms with E-state index < -0.39 is 0 Å². The first-order valence-electron chi connectivity index (χ1n) is 7.38. The summed E-state index contributed by atoms with van der Waals surface area (Å²) in [7, 11) is 0. The van der Waals surface area contributed by atoms with Crippen LogP contribution in [0, 0.1) is 11.8 Å². The zero-order valence-electron chi connectivity index (χ0n) is 12.2. The van der Waals surface area contributed by atoms with E-state index in [0.717, 1.165) is 22.9 Å². The van der Waals surface area contributed by atoms with Gasteiger partial charge in [-0.3, -0.25) is 4.98 Å². The van der Waals surface area contributed by atoms with Crippen LogP contribution >= 0.6 is 0 Å². The Kier molecular flexibility index (Phi) is 3.47. The molecule has 2 N–H and O–H groups in total. The fraction of sp³-hybridized carbons (Fsp3) is 0.500. The summed E-state index contributed by atoms with van der Waals surface area (Å²) in [6.45, 7) is 4.69. The second-order valence-electron chi connectivity index (χ2n) is 6.11. The highest BCUT2D eigenvalue weighted by atomic mass is 15.1. The molecule has 1 fully saturated rings. The van der Waals surface area contributed by atoms with Crippen LogP contribution in [0.1, 0.15) is 39.2 Å². The lowest BCUT2D eigenvalue weighted by atomic mass is 9.79. The van der Waals surface area contributed by atoms with Crippen molar-refractivity contribution in [3.63, 3.8) is 0 Å². The second-order valence-corrected chi connectivity index (χ2v) is 6.11. The highest BCUT2D eigenvalue weighted by Gasteiger charge is 2.28. The van der Waals surface area contributed by atoms with Crippen molar-refractivity contribution >= 4 is 5.69 Å². The van der Waals surface area contributed by atoms with Crippen LogP contribution in [0.3, 0.4) is 0 Å².